The number of nitrogens with zero attached hydrogens (tertiary/aromatic N) is 2. The van der Waals surface area contributed by atoms with Gasteiger partial charge in [-0.2, -0.15) is 0 Å². The van der Waals surface area contributed by atoms with E-state index in [1.54, 1.807) is 26.8 Å². The number of carbonyl (C=O) groups excluding carboxylic acids is 4. The summed E-state index contributed by atoms with van der Waals surface area (Å²) in [6.07, 6.45) is -0.414. The molecule has 1 aromatic carbocycles. The highest BCUT2D eigenvalue weighted by Gasteiger charge is 2.62. The summed E-state index contributed by atoms with van der Waals surface area (Å²) in [7, 11) is -3.82. The highest BCUT2D eigenvalue weighted by molar-refractivity contribution is 7.91. The van der Waals surface area contributed by atoms with Gasteiger partial charge in [0.1, 0.15) is 23.3 Å². The lowest BCUT2D eigenvalue weighted by Crippen LogP contribution is -2.57. The Morgan fingerprint density at radius 3 is 2.43 bits per heavy atom. The molecule has 2 aliphatic heterocycles. The van der Waals surface area contributed by atoms with Crippen molar-refractivity contribution in [1.29, 1.82) is 0 Å². The molecule has 2 saturated carbocycles. The number of amides is 4. The first-order valence-electron chi connectivity index (χ1n) is 14.2. The zero-order chi connectivity index (χ0) is 30.6. The molecule has 4 aliphatic rings. The average Bonchev–Trinajstić information content (AvgIpc) is 3.78. The lowest BCUT2D eigenvalue weighted by molar-refractivity contribution is -0.132. The molecule has 1 aromatic rings. The Hall–Kier alpha value is -3.06. The Morgan fingerprint density at radius 1 is 1.12 bits per heavy atom. The van der Waals surface area contributed by atoms with Gasteiger partial charge in [-0.05, 0) is 63.1 Å². The zero-order valence-corrected chi connectivity index (χ0v) is 25.7. The molecule has 0 radical (unpaired) electrons. The summed E-state index contributed by atoms with van der Waals surface area (Å²) in [5, 5.41) is 2.72. The molecule has 4 atom stereocenters. The van der Waals surface area contributed by atoms with E-state index in [0.29, 0.717) is 30.8 Å². The van der Waals surface area contributed by atoms with Crippen LogP contribution in [0.4, 0.5) is 9.59 Å². The molecule has 5 rings (SSSR count). The Balaban J connectivity index is 1.29. The number of hydrogen-bond donors (Lipinski definition) is 2. The summed E-state index contributed by atoms with van der Waals surface area (Å²) >= 11 is 6.28. The topological polar surface area (TPSA) is 151 Å². The average molecular weight is 625 g/mol. The van der Waals surface area contributed by atoms with Gasteiger partial charge in [-0.25, -0.2) is 18.0 Å². The fourth-order valence-electron chi connectivity index (χ4n) is 5.68. The van der Waals surface area contributed by atoms with Crippen molar-refractivity contribution in [3.63, 3.8) is 0 Å². The third-order valence-corrected chi connectivity index (χ3v) is 10.4. The van der Waals surface area contributed by atoms with Crippen molar-refractivity contribution in [2.24, 2.45) is 5.92 Å². The van der Waals surface area contributed by atoms with Crippen LogP contribution in [-0.2, 0) is 42.2 Å². The summed E-state index contributed by atoms with van der Waals surface area (Å²) in [6, 6.07) is 4.35. The van der Waals surface area contributed by atoms with Crippen LogP contribution in [0.25, 0.3) is 0 Å². The molecule has 12 nitrogen and oxygen atoms in total. The largest absolute Gasteiger partial charge is 0.444 e. The molecule has 230 valence electrons. The van der Waals surface area contributed by atoms with Crippen LogP contribution in [-0.4, -0.2) is 77.3 Å². The highest BCUT2D eigenvalue weighted by atomic mass is 35.5. The fourth-order valence-corrected chi connectivity index (χ4v) is 7.29. The summed E-state index contributed by atoms with van der Waals surface area (Å²) in [4.78, 5) is 55.8. The van der Waals surface area contributed by atoms with E-state index < -0.39 is 62.6 Å². The number of likely N-dealkylation sites (tertiary alicyclic amines) is 1. The van der Waals surface area contributed by atoms with Gasteiger partial charge in [0.2, 0.25) is 15.9 Å². The summed E-state index contributed by atoms with van der Waals surface area (Å²) in [6.45, 7) is 7.44. The maximum Gasteiger partial charge on any atom is 0.411 e. The SMILES string of the molecule is CCC1CC1(NC(=O)[C@@H]1C[C@@H](OC(=O)N2Cc3cccc(Cl)c3C2)CN1C(=O)OC(C)(C)C)C(=O)NS(=O)(=O)C1CC1. The van der Waals surface area contributed by atoms with E-state index in [1.807, 2.05) is 19.1 Å². The van der Waals surface area contributed by atoms with Crippen molar-refractivity contribution in [3.8, 4) is 0 Å². The molecule has 2 N–H and O–H groups in total. The first-order valence-corrected chi connectivity index (χ1v) is 16.2. The van der Waals surface area contributed by atoms with Gasteiger partial charge in [-0.1, -0.05) is 37.1 Å². The maximum atomic E-state index is 13.7. The van der Waals surface area contributed by atoms with Gasteiger partial charge in [0.15, 0.2) is 0 Å². The first kappa shape index (κ1) is 30.4. The van der Waals surface area contributed by atoms with Crippen molar-refractivity contribution in [2.75, 3.05) is 6.54 Å². The molecule has 2 heterocycles. The Kier molecular flexibility index (Phi) is 7.88. The zero-order valence-electron chi connectivity index (χ0n) is 24.1. The van der Waals surface area contributed by atoms with Gasteiger partial charge < -0.3 is 14.8 Å². The Bertz CT molecular complexity index is 1410. The quantitative estimate of drug-likeness (QED) is 0.470. The molecule has 42 heavy (non-hydrogen) atoms. The summed E-state index contributed by atoms with van der Waals surface area (Å²) in [5.74, 6) is -1.68. The van der Waals surface area contributed by atoms with Crippen molar-refractivity contribution < 1.29 is 37.1 Å². The normalized spacial score (nSPS) is 26.8. The van der Waals surface area contributed by atoms with Crippen LogP contribution in [0.2, 0.25) is 5.02 Å². The number of nitrogens with one attached hydrogen (secondary N) is 2. The molecule has 4 amide bonds. The smallest absolute Gasteiger partial charge is 0.411 e. The van der Waals surface area contributed by atoms with Gasteiger partial charge in [0.25, 0.3) is 5.91 Å². The van der Waals surface area contributed by atoms with Crippen LogP contribution < -0.4 is 10.0 Å². The van der Waals surface area contributed by atoms with Crippen molar-refractivity contribution in [2.45, 2.75) is 101 Å². The van der Waals surface area contributed by atoms with Crippen LogP contribution in [0.5, 0.6) is 0 Å². The first-order chi connectivity index (χ1) is 19.6. The van der Waals surface area contributed by atoms with Crippen LogP contribution in [0, 0.1) is 5.92 Å². The van der Waals surface area contributed by atoms with E-state index in [9.17, 15) is 27.6 Å². The fraction of sp³-hybridized carbons (Fsp3) is 0.643. The molecule has 14 heteroatoms. The molecule has 2 unspecified atom stereocenters. The molecular formula is C28H37ClN4O8S. The van der Waals surface area contributed by atoms with Gasteiger partial charge in [-0.3, -0.25) is 24.1 Å². The van der Waals surface area contributed by atoms with E-state index >= 15 is 0 Å². The second-order valence-electron chi connectivity index (χ2n) is 12.6. The van der Waals surface area contributed by atoms with Gasteiger partial charge in [-0.15, -0.1) is 0 Å². The standard InChI is InChI=1S/C28H37ClN4O8S/c1-5-17-12-28(17,24(35)31-42(38,39)19-9-10-19)30-23(34)22-11-18(14-33(22)26(37)41-27(2,3)4)40-25(36)32-13-16-7-6-8-21(29)20(16)15-32/h6-8,17-19,22H,5,9-15H2,1-4H3,(H,30,34)(H,31,35)/t17?,18-,22+,28?/m1/s1. The molecular weight excluding hydrogens is 588 g/mol. The second kappa shape index (κ2) is 10.9. The third-order valence-electron chi connectivity index (χ3n) is 8.19. The summed E-state index contributed by atoms with van der Waals surface area (Å²) in [5.41, 5.74) is -0.490. The number of rotatable bonds is 7. The van der Waals surface area contributed by atoms with Crippen molar-refractivity contribution >= 4 is 45.6 Å². The maximum absolute atomic E-state index is 13.7. The van der Waals surface area contributed by atoms with Crippen LogP contribution >= 0.6 is 11.6 Å². The van der Waals surface area contributed by atoms with E-state index in [4.69, 9.17) is 21.1 Å². The number of ether oxygens (including phenoxy) is 2. The minimum Gasteiger partial charge on any atom is -0.444 e. The predicted octanol–water partition coefficient (Wildman–Crippen LogP) is 3.06. The lowest BCUT2D eigenvalue weighted by Gasteiger charge is -2.29. The van der Waals surface area contributed by atoms with E-state index in [-0.39, 0.29) is 31.8 Å². The minimum atomic E-state index is -3.82. The number of sulfonamides is 1. The second-order valence-corrected chi connectivity index (χ2v) is 14.9. The van der Waals surface area contributed by atoms with Gasteiger partial charge in [0.05, 0.1) is 18.3 Å². The molecule has 0 aromatic heterocycles. The van der Waals surface area contributed by atoms with Gasteiger partial charge in [0, 0.05) is 18.0 Å². The van der Waals surface area contributed by atoms with Crippen molar-refractivity contribution in [1.82, 2.24) is 19.8 Å². The molecule has 3 fully saturated rings. The highest BCUT2D eigenvalue weighted by Crippen LogP contribution is 2.47. The van der Waals surface area contributed by atoms with Crippen LogP contribution in [0.15, 0.2) is 18.2 Å². The number of carbonyl (C=O) groups is 4. The molecule has 2 aliphatic carbocycles. The van der Waals surface area contributed by atoms with Crippen molar-refractivity contribution in [3.05, 3.63) is 34.3 Å². The van der Waals surface area contributed by atoms with Crippen LogP contribution in [0.3, 0.4) is 0 Å². The molecule has 0 bridgehead atoms. The number of fused-ring (bicyclic) bond motifs is 1. The number of benzene rings is 1. The van der Waals surface area contributed by atoms with E-state index in [2.05, 4.69) is 10.0 Å². The number of hydrogen-bond acceptors (Lipinski definition) is 8. The lowest BCUT2D eigenvalue weighted by atomic mass is 10.1. The number of halogens is 1. The minimum absolute atomic E-state index is 0.0206. The van der Waals surface area contributed by atoms with Crippen LogP contribution in [0.1, 0.15) is 70.9 Å². The summed E-state index contributed by atoms with van der Waals surface area (Å²) < 4.78 is 38.3. The molecule has 1 saturated heterocycles. The molecule has 0 spiro atoms. The monoisotopic (exact) mass is 624 g/mol. The Morgan fingerprint density at radius 2 is 1.83 bits per heavy atom. The van der Waals surface area contributed by atoms with E-state index in [1.165, 1.54) is 9.80 Å². The van der Waals surface area contributed by atoms with Gasteiger partial charge >= 0.3 is 12.2 Å². The van der Waals surface area contributed by atoms with E-state index in [0.717, 1.165) is 11.1 Å². The third kappa shape index (κ3) is 6.17. The predicted molar refractivity (Wildman–Crippen MR) is 152 cm³/mol. The Labute approximate surface area is 250 Å².